The van der Waals surface area contributed by atoms with E-state index in [0.29, 0.717) is 17.8 Å². The average Bonchev–Trinajstić information content (AvgIpc) is 2.81. The van der Waals surface area contributed by atoms with Crippen LogP contribution in [0.15, 0.2) is 11.8 Å². The highest BCUT2D eigenvalue weighted by Gasteiger charge is 2.35. The molecule has 1 aliphatic rings. The molecule has 0 N–H and O–H groups in total. The molecule has 1 aromatic rings. The summed E-state index contributed by atoms with van der Waals surface area (Å²) >= 11 is 0. The second kappa shape index (κ2) is 7.17. The van der Waals surface area contributed by atoms with E-state index in [4.69, 9.17) is 4.84 Å². The zero-order valence-corrected chi connectivity index (χ0v) is 15.3. The van der Waals surface area contributed by atoms with Gasteiger partial charge in [0.15, 0.2) is 5.69 Å². The van der Waals surface area contributed by atoms with E-state index in [-0.39, 0.29) is 17.6 Å². The molecule has 132 valence electrons. The van der Waals surface area contributed by atoms with Gasteiger partial charge in [0.2, 0.25) is 5.78 Å². The number of ketones is 1. The van der Waals surface area contributed by atoms with Crippen LogP contribution in [0.25, 0.3) is 0 Å². The second-order valence-corrected chi connectivity index (χ2v) is 6.31. The summed E-state index contributed by atoms with van der Waals surface area (Å²) in [6.45, 7) is 2.07. The fraction of sp³-hybridized carbons (Fsp3) is 0.588. The highest BCUT2D eigenvalue weighted by Crippen LogP contribution is 2.37. The first-order chi connectivity index (χ1) is 11.3. The maximum Gasteiger partial charge on any atom is 0.297 e. The van der Waals surface area contributed by atoms with Crippen molar-refractivity contribution in [1.82, 2.24) is 19.7 Å². The number of amides is 1. The van der Waals surface area contributed by atoms with Gasteiger partial charge in [-0.1, -0.05) is 6.92 Å². The number of aryl methyl sites for hydroxylation is 1. The summed E-state index contributed by atoms with van der Waals surface area (Å²) in [7, 11) is 8.48. The third-order valence-electron chi connectivity index (χ3n) is 4.43. The Kier molecular flexibility index (Phi) is 5.43. The molecule has 1 unspecified atom stereocenters. The van der Waals surface area contributed by atoms with E-state index in [1.807, 2.05) is 25.2 Å². The molecule has 0 saturated carbocycles. The predicted octanol–water partition coefficient (Wildman–Crippen LogP) is 1.97. The van der Waals surface area contributed by atoms with Crippen molar-refractivity contribution in [2.75, 3.05) is 28.3 Å². The van der Waals surface area contributed by atoms with Crippen molar-refractivity contribution in [3.8, 4) is 0 Å². The lowest BCUT2D eigenvalue weighted by Gasteiger charge is -2.16. The number of carbonyl (C=O) groups is 2. The Hall–Kier alpha value is -2.15. The fourth-order valence-electron chi connectivity index (χ4n) is 3.17. The summed E-state index contributed by atoms with van der Waals surface area (Å²) in [5.74, 6) is -0.265. The zero-order valence-electron chi connectivity index (χ0n) is 15.3. The number of allylic oxidation sites excluding steroid dienone is 1. The lowest BCUT2D eigenvalue weighted by molar-refractivity contribution is -0.0761. The van der Waals surface area contributed by atoms with Crippen LogP contribution in [-0.2, 0) is 11.9 Å². The van der Waals surface area contributed by atoms with Gasteiger partial charge in [0.1, 0.15) is 5.69 Å². The summed E-state index contributed by atoms with van der Waals surface area (Å²) in [4.78, 5) is 32.5. The highest BCUT2D eigenvalue weighted by atomic mass is 16.7. The van der Waals surface area contributed by atoms with Gasteiger partial charge in [-0.3, -0.25) is 19.1 Å². The summed E-state index contributed by atoms with van der Waals surface area (Å²) < 4.78 is 1.53. The number of rotatable bonds is 4. The number of Topliss-reactive ketones (excluding diaryl/α,β-unsaturated/α-hetero) is 1. The molecule has 7 nitrogen and oxygen atoms in total. The van der Waals surface area contributed by atoms with Crippen molar-refractivity contribution in [3.63, 3.8) is 0 Å². The summed E-state index contributed by atoms with van der Waals surface area (Å²) in [6.07, 6.45) is 4.22. The molecule has 1 aliphatic carbocycles. The minimum Gasteiger partial charge on any atom is -0.383 e. The van der Waals surface area contributed by atoms with Crippen molar-refractivity contribution >= 4 is 11.7 Å². The van der Waals surface area contributed by atoms with Crippen LogP contribution in [-0.4, -0.2) is 59.7 Å². The van der Waals surface area contributed by atoms with Gasteiger partial charge in [-0.25, -0.2) is 5.06 Å². The Labute approximate surface area is 142 Å². The van der Waals surface area contributed by atoms with Crippen LogP contribution in [0.5, 0.6) is 0 Å². The number of nitrogens with zero attached hydrogens (tertiary/aromatic N) is 4. The van der Waals surface area contributed by atoms with Gasteiger partial charge in [0.05, 0.1) is 7.11 Å². The van der Waals surface area contributed by atoms with Gasteiger partial charge < -0.3 is 4.90 Å². The molecular formula is C17H26N4O3. The first kappa shape index (κ1) is 18.2. The average molecular weight is 334 g/mol. The zero-order chi connectivity index (χ0) is 18.0. The molecular weight excluding hydrogens is 308 g/mol. The standard InChI is InChI=1S/C17H26N4O3/c1-7-11-8-9-12(10-19(2)3)16(22)15-13(11)14(18-20(15)4)17(23)21(5)24-6/h10-11H,7-9H2,1-6H3/b12-10+. The van der Waals surface area contributed by atoms with E-state index in [9.17, 15) is 9.59 Å². The van der Waals surface area contributed by atoms with Gasteiger partial charge in [0, 0.05) is 45.5 Å². The molecule has 0 aromatic carbocycles. The normalized spacial score (nSPS) is 19.2. The largest absolute Gasteiger partial charge is 0.383 e. The third-order valence-corrected chi connectivity index (χ3v) is 4.43. The number of carbonyl (C=O) groups excluding carboxylic acids is 2. The third kappa shape index (κ3) is 3.21. The maximum absolute atomic E-state index is 13.0. The van der Waals surface area contributed by atoms with Gasteiger partial charge in [0.25, 0.3) is 5.91 Å². The molecule has 1 aromatic heterocycles. The SMILES string of the molecule is CCC1CC/C(=C\N(C)C)C(=O)c2c1c(C(=O)N(C)OC)nn2C. The molecule has 1 heterocycles. The van der Waals surface area contributed by atoms with Crippen LogP contribution in [0.1, 0.15) is 58.6 Å². The second-order valence-electron chi connectivity index (χ2n) is 6.31. The molecule has 0 aliphatic heterocycles. The Balaban J connectivity index is 2.63. The van der Waals surface area contributed by atoms with Crippen LogP contribution < -0.4 is 0 Å². The first-order valence-electron chi connectivity index (χ1n) is 8.12. The predicted molar refractivity (Wildman–Crippen MR) is 90.7 cm³/mol. The number of aromatic nitrogens is 2. The van der Waals surface area contributed by atoms with Gasteiger partial charge in [-0.2, -0.15) is 5.10 Å². The molecule has 0 spiro atoms. The van der Waals surface area contributed by atoms with Crippen molar-refractivity contribution in [1.29, 1.82) is 0 Å². The van der Waals surface area contributed by atoms with Crippen LogP contribution in [0, 0.1) is 0 Å². The molecule has 0 fully saturated rings. The molecule has 0 bridgehead atoms. The maximum atomic E-state index is 13.0. The molecule has 2 rings (SSSR count). The van der Waals surface area contributed by atoms with Gasteiger partial charge in [-0.15, -0.1) is 0 Å². The van der Waals surface area contributed by atoms with Gasteiger partial charge in [-0.05, 0) is 25.2 Å². The lowest BCUT2D eigenvalue weighted by Crippen LogP contribution is -2.27. The van der Waals surface area contributed by atoms with Crippen LogP contribution in [0.4, 0.5) is 0 Å². The van der Waals surface area contributed by atoms with E-state index in [0.717, 1.165) is 29.0 Å². The number of hydroxylamine groups is 2. The number of hydrogen-bond donors (Lipinski definition) is 0. The molecule has 7 heteroatoms. The summed E-state index contributed by atoms with van der Waals surface area (Å²) in [6, 6.07) is 0. The van der Waals surface area contributed by atoms with E-state index in [1.54, 1.807) is 14.1 Å². The Morgan fingerprint density at radius 2 is 2.08 bits per heavy atom. The lowest BCUT2D eigenvalue weighted by atomic mass is 9.91. The summed E-state index contributed by atoms with van der Waals surface area (Å²) in [5.41, 5.74) is 2.32. The smallest absolute Gasteiger partial charge is 0.297 e. The molecule has 24 heavy (non-hydrogen) atoms. The quantitative estimate of drug-likeness (QED) is 0.478. The first-order valence-corrected chi connectivity index (χ1v) is 8.12. The van der Waals surface area contributed by atoms with E-state index in [2.05, 4.69) is 12.0 Å². The van der Waals surface area contributed by atoms with E-state index >= 15 is 0 Å². The Bertz CT molecular complexity index is 676. The van der Waals surface area contributed by atoms with Crippen molar-refractivity contribution in [2.24, 2.45) is 7.05 Å². The molecule has 1 amide bonds. The molecule has 0 saturated heterocycles. The summed E-state index contributed by atoms with van der Waals surface area (Å²) in [5, 5.41) is 5.49. The Morgan fingerprint density at radius 1 is 1.42 bits per heavy atom. The highest BCUT2D eigenvalue weighted by molar-refractivity contribution is 6.10. The fourth-order valence-corrected chi connectivity index (χ4v) is 3.17. The van der Waals surface area contributed by atoms with Crippen molar-refractivity contribution in [3.05, 3.63) is 28.7 Å². The Morgan fingerprint density at radius 3 is 2.62 bits per heavy atom. The molecule has 0 radical (unpaired) electrons. The number of fused-ring (bicyclic) bond motifs is 1. The van der Waals surface area contributed by atoms with Crippen molar-refractivity contribution < 1.29 is 14.4 Å². The molecule has 1 atom stereocenters. The van der Waals surface area contributed by atoms with E-state index in [1.165, 1.54) is 11.8 Å². The van der Waals surface area contributed by atoms with Crippen molar-refractivity contribution in [2.45, 2.75) is 32.1 Å². The minimum atomic E-state index is -0.333. The van der Waals surface area contributed by atoms with Crippen LogP contribution in [0.2, 0.25) is 0 Å². The van der Waals surface area contributed by atoms with Crippen LogP contribution >= 0.6 is 0 Å². The van der Waals surface area contributed by atoms with Crippen LogP contribution in [0.3, 0.4) is 0 Å². The van der Waals surface area contributed by atoms with Gasteiger partial charge >= 0.3 is 0 Å². The number of hydrogen-bond acceptors (Lipinski definition) is 5. The van der Waals surface area contributed by atoms with E-state index < -0.39 is 0 Å². The minimum absolute atomic E-state index is 0.0521. The monoisotopic (exact) mass is 334 g/mol. The topological polar surface area (TPSA) is 67.7 Å².